The average molecular weight is 317 g/mol. The summed E-state index contributed by atoms with van der Waals surface area (Å²) in [5.41, 5.74) is 5.41. The number of aryl methyl sites for hydroxylation is 3. The summed E-state index contributed by atoms with van der Waals surface area (Å²) in [5, 5.41) is 0. The summed E-state index contributed by atoms with van der Waals surface area (Å²) in [4.78, 5) is 12.4. The van der Waals surface area contributed by atoms with E-state index in [0.29, 0.717) is 6.42 Å². The van der Waals surface area contributed by atoms with E-state index in [9.17, 15) is 4.79 Å². The van der Waals surface area contributed by atoms with Gasteiger partial charge < -0.3 is 0 Å². The molecule has 0 aliphatic rings. The second kappa shape index (κ2) is 5.70. The van der Waals surface area contributed by atoms with E-state index in [2.05, 4.69) is 41.9 Å². The molecule has 1 nitrogen and oxygen atoms in total. The van der Waals surface area contributed by atoms with Gasteiger partial charge in [-0.3, -0.25) is 4.79 Å². The minimum Gasteiger partial charge on any atom is -0.294 e. The molecule has 0 atom stereocenters. The van der Waals surface area contributed by atoms with Gasteiger partial charge in [0.05, 0.1) is 0 Å². The van der Waals surface area contributed by atoms with E-state index in [-0.39, 0.29) is 5.78 Å². The Morgan fingerprint density at radius 2 is 1.63 bits per heavy atom. The van der Waals surface area contributed by atoms with Gasteiger partial charge in [0.25, 0.3) is 0 Å². The van der Waals surface area contributed by atoms with Crippen molar-refractivity contribution in [2.45, 2.75) is 27.2 Å². The molecule has 0 saturated carbocycles. The average Bonchev–Trinajstić information content (AvgIpc) is 2.37. The van der Waals surface area contributed by atoms with Crippen LogP contribution in [-0.4, -0.2) is 5.78 Å². The van der Waals surface area contributed by atoms with Gasteiger partial charge in [0.2, 0.25) is 0 Å². The number of hydrogen-bond acceptors (Lipinski definition) is 1. The number of benzene rings is 2. The van der Waals surface area contributed by atoms with Crippen molar-refractivity contribution in [2.24, 2.45) is 0 Å². The Kier molecular flexibility index (Phi) is 4.20. The van der Waals surface area contributed by atoms with Crippen LogP contribution >= 0.6 is 15.9 Å². The van der Waals surface area contributed by atoms with Crippen LogP contribution < -0.4 is 0 Å². The molecular weight excluding hydrogens is 300 g/mol. The zero-order valence-corrected chi connectivity index (χ0v) is 13.0. The van der Waals surface area contributed by atoms with Crippen molar-refractivity contribution in [3.05, 3.63) is 68.7 Å². The van der Waals surface area contributed by atoms with Crippen molar-refractivity contribution in [1.29, 1.82) is 0 Å². The third kappa shape index (κ3) is 3.13. The van der Waals surface area contributed by atoms with Gasteiger partial charge in [-0.1, -0.05) is 46.3 Å². The van der Waals surface area contributed by atoms with E-state index < -0.39 is 0 Å². The normalized spacial score (nSPS) is 10.5. The Bertz CT molecular complexity index is 609. The Morgan fingerprint density at radius 3 is 2.21 bits per heavy atom. The van der Waals surface area contributed by atoms with Gasteiger partial charge >= 0.3 is 0 Å². The molecule has 0 radical (unpaired) electrons. The SMILES string of the molecule is Cc1ccc(C(=O)Cc2c(C)cccc2C)cc1Br. The first kappa shape index (κ1) is 14.0. The summed E-state index contributed by atoms with van der Waals surface area (Å²) >= 11 is 3.48. The lowest BCUT2D eigenvalue weighted by Gasteiger charge is -2.09. The summed E-state index contributed by atoms with van der Waals surface area (Å²) < 4.78 is 0.986. The molecule has 2 aromatic rings. The van der Waals surface area contributed by atoms with E-state index in [1.54, 1.807) is 0 Å². The van der Waals surface area contributed by atoms with Gasteiger partial charge in [0.15, 0.2) is 5.78 Å². The summed E-state index contributed by atoms with van der Waals surface area (Å²) in [6.45, 7) is 6.13. The zero-order chi connectivity index (χ0) is 14.0. The van der Waals surface area contributed by atoms with Crippen LogP contribution in [0.25, 0.3) is 0 Å². The molecule has 0 fully saturated rings. The van der Waals surface area contributed by atoms with Gasteiger partial charge in [0.1, 0.15) is 0 Å². The van der Waals surface area contributed by atoms with Crippen molar-refractivity contribution in [1.82, 2.24) is 0 Å². The number of rotatable bonds is 3. The first-order valence-corrected chi connectivity index (χ1v) is 7.13. The highest BCUT2D eigenvalue weighted by molar-refractivity contribution is 9.10. The Balaban J connectivity index is 2.28. The molecule has 0 amide bonds. The molecule has 0 unspecified atom stereocenters. The van der Waals surface area contributed by atoms with E-state index >= 15 is 0 Å². The van der Waals surface area contributed by atoms with Crippen LogP contribution in [0.4, 0.5) is 0 Å². The maximum Gasteiger partial charge on any atom is 0.167 e. The molecule has 0 bridgehead atoms. The van der Waals surface area contributed by atoms with E-state index in [0.717, 1.165) is 21.2 Å². The van der Waals surface area contributed by atoms with Crippen LogP contribution in [0.1, 0.15) is 32.6 Å². The molecule has 2 aromatic carbocycles. The van der Waals surface area contributed by atoms with Crippen LogP contribution in [0.5, 0.6) is 0 Å². The molecule has 98 valence electrons. The number of carbonyl (C=O) groups excluding carboxylic acids is 1. The van der Waals surface area contributed by atoms with Gasteiger partial charge in [-0.05, 0) is 49.1 Å². The van der Waals surface area contributed by atoms with E-state index in [1.807, 2.05) is 31.2 Å². The third-order valence-corrected chi connectivity index (χ3v) is 4.33. The molecule has 2 rings (SSSR count). The Hall–Kier alpha value is -1.41. The molecule has 0 aromatic heterocycles. The fourth-order valence-electron chi connectivity index (χ4n) is 2.16. The maximum absolute atomic E-state index is 12.4. The predicted octanol–water partition coefficient (Wildman–Crippen LogP) is 4.80. The number of carbonyl (C=O) groups is 1. The zero-order valence-electron chi connectivity index (χ0n) is 11.5. The molecule has 0 heterocycles. The molecule has 19 heavy (non-hydrogen) atoms. The molecule has 0 saturated heterocycles. The second-order valence-corrected chi connectivity index (χ2v) is 5.79. The monoisotopic (exact) mass is 316 g/mol. The summed E-state index contributed by atoms with van der Waals surface area (Å²) in [5.74, 6) is 0.165. The van der Waals surface area contributed by atoms with Crippen LogP contribution in [0.15, 0.2) is 40.9 Å². The lowest BCUT2D eigenvalue weighted by atomic mass is 9.95. The predicted molar refractivity (Wildman–Crippen MR) is 82.8 cm³/mol. The standard InChI is InChI=1S/C17H17BrO/c1-11-5-4-6-12(2)15(11)10-17(19)14-8-7-13(3)16(18)9-14/h4-9H,10H2,1-3H3. The lowest BCUT2D eigenvalue weighted by molar-refractivity contribution is 0.0992. The molecule has 0 aliphatic carbocycles. The Morgan fingerprint density at radius 1 is 1.00 bits per heavy atom. The van der Waals surface area contributed by atoms with Gasteiger partial charge in [0, 0.05) is 16.5 Å². The van der Waals surface area contributed by atoms with Gasteiger partial charge in [-0.2, -0.15) is 0 Å². The number of Topliss-reactive ketones (excluding diaryl/α,β-unsaturated/α-hetero) is 1. The topological polar surface area (TPSA) is 17.1 Å². The quantitative estimate of drug-likeness (QED) is 0.743. The smallest absolute Gasteiger partial charge is 0.167 e. The fraction of sp³-hybridized carbons (Fsp3) is 0.235. The molecule has 2 heteroatoms. The van der Waals surface area contributed by atoms with Gasteiger partial charge in [-0.25, -0.2) is 0 Å². The summed E-state index contributed by atoms with van der Waals surface area (Å²) in [6.07, 6.45) is 0.466. The van der Waals surface area contributed by atoms with Crippen LogP contribution in [0, 0.1) is 20.8 Å². The minimum absolute atomic E-state index is 0.165. The largest absolute Gasteiger partial charge is 0.294 e. The van der Waals surface area contributed by atoms with Crippen molar-refractivity contribution in [2.75, 3.05) is 0 Å². The molecule has 0 N–H and O–H groups in total. The Labute approximate surface area is 122 Å². The maximum atomic E-state index is 12.4. The van der Waals surface area contributed by atoms with Crippen LogP contribution in [0.3, 0.4) is 0 Å². The highest BCUT2D eigenvalue weighted by atomic mass is 79.9. The first-order valence-electron chi connectivity index (χ1n) is 6.33. The first-order chi connectivity index (χ1) is 8.99. The van der Waals surface area contributed by atoms with Crippen molar-refractivity contribution < 1.29 is 4.79 Å². The lowest BCUT2D eigenvalue weighted by Crippen LogP contribution is -2.06. The molecule has 0 spiro atoms. The number of halogens is 1. The highest BCUT2D eigenvalue weighted by Gasteiger charge is 2.11. The van der Waals surface area contributed by atoms with E-state index in [1.165, 1.54) is 11.1 Å². The third-order valence-electron chi connectivity index (χ3n) is 3.48. The second-order valence-electron chi connectivity index (χ2n) is 4.93. The summed E-state index contributed by atoms with van der Waals surface area (Å²) in [7, 11) is 0. The highest BCUT2D eigenvalue weighted by Crippen LogP contribution is 2.20. The number of ketones is 1. The van der Waals surface area contributed by atoms with Gasteiger partial charge in [-0.15, -0.1) is 0 Å². The van der Waals surface area contributed by atoms with Crippen molar-refractivity contribution in [3.8, 4) is 0 Å². The fourth-order valence-corrected chi connectivity index (χ4v) is 2.54. The molecular formula is C17H17BrO. The van der Waals surface area contributed by atoms with Crippen LogP contribution in [-0.2, 0) is 6.42 Å². The van der Waals surface area contributed by atoms with Crippen molar-refractivity contribution in [3.63, 3.8) is 0 Å². The van der Waals surface area contributed by atoms with E-state index in [4.69, 9.17) is 0 Å². The van der Waals surface area contributed by atoms with Crippen LogP contribution in [0.2, 0.25) is 0 Å². The number of hydrogen-bond donors (Lipinski definition) is 0. The van der Waals surface area contributed by atoms with Crippen molar-refractivity contribution >= 4 is 21.7 Å². The minimum atomic E-state index is 0.165. The molecule has 0 aliphatic heterocycles. The summed E-state index contributed by atoms with van der Waals surface area (Å²) in [6, 6.07) is 11.9.